The number of rotatable bonds is 13. The van der Waals surface area contributed by atoms with Gasteiger partial charge in [0.15, 0.2) is 0 Å². The highest BCUT2D eigenvalue weighted by Crippen LogP contribution is 2.33. The molecule has 0 aliphatic carbocycles. The van der Waals surface area contributed by atoms with E-state index >= 15 is 0 Å². The average Bonchev–Trinajstić information content (AvgIpc) is 3.04. The predicted molar refractivity (Wildman–Crippen MR) is 186 cm³/mol. The van der Waals surface area contributed by atoms with Crippen LogP contribution >= 0.6 is 34.8 Å². The van der Waals surface area contributed by atoms with Crippen LogP contribution in [0.15, 0.2) is 102 Å². The molecule has 0 saturated heterocycles. The fourth-order valence-electron chi connectivity index (χ4n) is 4.83. The van der Waals surface area contributed by atoms with E-state index in [0.717, 1.165) is 15.4 Å². The Bertz CT molecular complexity index is 1770. The molecule has 0 spiro atoms. The zero-order chi connectivity index (χ0) is 33.4. The summed E-state index contributed by atoms with van der Waals surface area (Å²) in [4.78, 5) is 29.9. The van der Waals surface area contributed by atoms with Crippen LogP contribution in [-0.2, 0) is 32.6 Å². The number of nitrogens with zero attached hydrogens (tertiary/aromatic N) is 2. The summed E-state index contributed by atoms with van der Waals surface area (Å²) in [7, 11) is -4.33. The Morgan fingerprint density at radius 1 is 0.848 bits per heavy atom. The number of carbonyl (C=O) groups is 2. The SMILES string of the molecule is CC[C@@H](C)NC(=O)[C@H](Cc1ccccc1)N(Cc1ccccc1Cl)C(=O)CN(c1cc(Cl)ccc1Cl)S(=O)(=O)c1ccc(C)cc1. The second-order valence-electron chi connectivity index (χ2n) is 11.1. The lowest BCUT2D eigenvalue weighted by Crippen LogP contribution is -2.54. The third kappa shape index (κ3) is 8.82. The molecule has 0 aliphatic heterocycles. The molecule has 4 rings (SSSR count). The first-order chi connectivity index (χ1) is 21.9. The number of benzene rings is 4. The molecule has 0 unspecified atom stereocenters. The Morgan fingerprint density at radius 3 is 2.15 bits per heavy atom. The highest BCUT2D eigenvalue weighted by molar-refractivity contribution is 7.92. The van der Waals surface area contributed by atoms with Crippen molar-refractivity contribution in [3.63, 3.8) is 0 Å². The second kappa shape index (κ2) is 15.8. The van der Waals surface area contributed by atoms with Gasteiger partial charge in [0.05, 0.1) is 15.6 Å². The molecule has 7 nitrogen and oxygen atoms in total. The molecule has 0 radical (unpaired) electrons. The van der Waals surface area contributed by atoms with E-state index < -0.39 is 28.5 Å². The minimum absolute atomic E-state index is 0.0319. The van der Waals surface area contributed by atoms with E-state index in [-0.39, 0.29) is 45.5 Å². The molecule has 0 fully saturated rings. The summed E-state index contributed by atoms with van der Waals surface area (Å²) in [5.41, 5.74) is 2.32. The van der Waals surface area contributed by atoms with Crippen LogP contribution in [0.2, 0.25) is 15.1 Å². The summed E-state index contributed by atoms with van der Waals surface area (Å²) in [6.07, 6.45) is 0.861. The van der Waals surface area contributed by atoms with Crippen molar-refractivity contribution in [2.24, 2.45) is 0 Å². The Balaban J connectivity index is 1.85. The van der Waals surface area contributed by atoms with Crippen molar-refractivity contribution < 1.29 is 18.0 Å². The lowest BCUT2D eigenvalue weighted by atomic mass is 10.0. The minimum Gasteiger partial charge on any atom is -0.352 e. The lowest BCUT2D eigenvalue weighted by Gasteiger charge is -2.34. The molecule has 242 valence electrons. The van der Waals surface area contributed by atoms with Crippen LogP contribution < -0.4 is 9.62 Å². The summed E-state index contributed by atoms with van der Waals surface area (Å²) in [5.74, 6) is -1.00. The van der Waals surface area contributed by atoms with E-state index in [2.05, 4.69) is 5.32 Å². The molecule has 0 heterocycles. The molecule has 1 N–H and O–H groups in total. The predicted octanol–water partition coefficient (Wildman–Crippen LogP) is 7.71. The maximum Gasteiger partial charge on any atom is 0.264 e. The summed E-state index contributed by atoms with van der Waals surface area (Å²) >= 11 is 19.4. The number of anilines is 1. The van der Waals surface area contributed by atoms with Crippen molar-refractivity contribution in [2.75, 3.05) is 10.8 Å². The fourth-order valence-corrected chi connectivity index (χ4v) is 6.89. The minimum atomic E-state index is -4.33. The number of aryl methyl sites for hydroxylation is 1. The smallest absolute Gasteiger partial charge is 0.264 e. The molecule has 4 aromatic rings. The third-order valence-electron chi connectivity index (χ3n) is 7.64. The number of nitrogens with one attached hydrogen (secondary N) is 1. The number of sulfonamides is 1. The van der Waals surface area contributed by atoms with E-state index in [9.17, 15) is 18.0 Å². The van der Waals surface area contributed by atoms with E-state index in [1.54, 1.807) is 36.4 Å². The van der Waals surface area contributed by atoms with Crippen LogP contribution in [0, 0.1) is 6.92 Å². The van der Waals surface area contributed by atoms with Gasteiger partial charge in [-0.3, -0.25) is 13.9 Å². The molecule has 0 saturated carbocycles. The standard InChI is InChI=1S/C35H36Cl3N3O4S/c1-4-25(3)39-35(43)33(20-26-10-6-5-7-11-26)40(22-27-12-8-9-13-30(27)37)34(42)23-41(32-21-28(36)16-19-31(32)38)46(44,45)29-17-14-24(2)15-18-29/h5-19,21,25,33H,4,20,22-23H2,1-3H3,(H,39,43)/t25-,33+/m1/s1. The average molecular weight is 701 g/mol. The van der Waals surface area contributed by atoms with Crippen LogP contribution in [0.5, 0.6) is 0 Å². The Labute approximate surface area is 286 Å². The van der Waals surface area contributed by atoms with Gasteiger partial charge in [-0.2, -0.15) is 0 Å². The van der Waals surface area contributed by atoms with Crippen molar-refractivity contribution in [2.45, 2.75) is 57.1 Å². The van der Waals surface area contributed by atoms with Gasteiger partial charge in [0.1, 0.15) is 12.6 Å². The van der Waals surface area contributed by atoms with Gasteiger partial charge in [0.2, 0.25) is 11.8 Å². The molecule has 2 amide bonds. The first-order valence-corrected chi connectivity index (χ1v) is 17.4. The van der Waals surface area contributed by atoms with Gasteiger partial charge in [-0.15, -0.1) is 0 Å². The highest BCUT2D eigenvalue weighted by atomic mass is 35.5. The van der Waals surface area contributed by atoms with Crippen molar-refractivity contribution in [1.29, 1.82) is 0 Å². The van der Waals surface area contributed by atoms with Gasteiger partial charge in [0.25, 0.3) is 10.0 Å². The normalized spacial score (nSPS) is 12.7. The molecule has 0 bridgehead atoms. The third-order valence-corrected chi connectivity index (χ3v) is 10.3. The van der Waals surface area contributed by atoms with E-state index in [4.69, 9.17) is 34.8 Å². The monoisotopic (exact) mass is 699 g/mol. The van der Waals surface area contributed by atoms with Crippen LogP contribution in [-0.4, -0.2) is 43.8 Å². The Hall–Kier alpha value is -3.56. The number of carbonyl (C=O) groups excluding carboxylic acids is 2. The molecule has 4 aromatic carbocycles. The molecule has 0 aliphatic rings. The molecule has 2 atom stereocenters. The van der Waals surface area contributed by atoms with Crippen molar-refractivity contribution in [3.8, 4) is 0 Å². The van der Waals surface area contributed by atoms with Gasteiger partial charge < -0.3 is 10.2 Å². The summed E-state index contributed by atoms with van der Waals surface area (Å²) in [6, 6.07) is 25.9. The van der Waals surface area contributed by atoms with Crippen LogP contribution in [0.3, 0.4) is 0 Å². The largest absolute Gasteiger partial charge is 0.352 e. The zero-order valence-corrected chi connectivity index (χ0v) is 28.9. The summed E-state index contributed by atoms with van der Waals surface area (Å²) < 4.78 is 29.4. The first kappa shape index (κ1) is 35.3. The van der Waals surface area contributed by atoms with E-state index in [0.29, 0.717) is 17.0 Å². The Morgan fingerprint density at radius 2 is 1.50 bits per heavy atom. The second-order valence-corrected chi connectivity index (χ2v) is 14.2. The van der Waals surface area contributed by atoms with Crippen LogP contribution in [0.4, 0.5) is 5.69 Å². The molecule has 0 aromatic heterocycles. The lowest BCUT2D eigenvalue weighted by molar-refractivity contribution is -0.140. The molecule has 11 heteroatoms. The number of hydrogen-bond acceptors (Lipinski definition) is 4. The molecular formula is C35H36Cl3N3O4S. The van der Waals surface area contributed by atoms with E-state index in [1.165, 1.54) is 35.2 Å². The summed E-state index contributed by atoms with van der Waals surface area (Å²) in [5, 5.41) is 3.74. The number of amides is 2. The van der Waals surface area contributed by atoms with Crippen molar-refractivity contribution in [1.82, 2.24) is 10.2 Å². The molecular weight excluding hydrogens is 665 g/mol. The molecule has 46 heavy (non-hydrogen) atoms. The van der Waals surface area contributed by atoms with Gasteiger partial charge in [-0.1, -0.05) is 108 Å². The first-order valence-electron chi connectivity index (χ1n) is 14.8. The van der Waals surface area contributed by atoms with E-state index in [1.807, 2.05) is 51.1 Å². The van der Waals surface area contributed by atoms with Crippen molar-refractivity contribution in [3.05, 3.63) is 129 Å². The fraction of sp³-hybridized carbons (Fsp3) is 0.257. The van der Waals surface area contributed by atoms with Crippen molar-refractivity contribution >= 4 is 62.3 Å². The maximum atomic E-state index is 14.6. The zero-order valence-electron chi connectivity index (χ0n) is 25.8. The van der Waals surface area contributed by atoms with Gasteiger partial charge in [0, 0.05) is 29.1 Å². The highest BCUT2D eigenvalue weighted by Gasteiger charge is 2.36. The van der Waals surface area contributed by atoms with Crippen LogP contribution in [0.1, 0.15) is 37.0 Å². The Kier molecular flexibility index (Phi) is 12.1. The number of hydrogen-bond donors (Lipinski definition) is 1. The summed E-state index contributed by atoms with van der Waals surface area (Å²) in [6.45, 7) is 4.96. The van der Waals surface area contributed by atoms with Gasteiger partial charge in [-0.05, 0) is 67.8 Å². The quantitative estimate of drug-likeness (QED) is 0.155. The number of halogens is 3. The van der Waals surface area contributed by atoms with Crippen LogP contribution in [0.25, 0.3) is 0 Å². The van der Waals surface area contributed by atoms with Gasteiger partial charge in [-0.25, -0.2) is 8.42 Å². The maximum absolute atomic E-state index is 14.6. The van der Waals surface area contributed by atoms with Gasteiger partial charge >= 0.3 is 0 Å². The topological polar surface area (TPSA) is 86.8 Å².